The van der Waals surface area contributed by atoms with Gasteiger partial charge in [-0.25, -0.2) is 0 Å². The topological polar surface area (TPSA) is 58.4 Å². The first-order chi connectivity index (χ1) is 7.88. The van der Waals surface area contributed by atoms with Gasteiger partial charge >= 0.3 is 0 Å². The monoisotopic (exact) mass is 243 g/mol. The molecule has 0 heterocycles. The first kappa shape index (κ1) is 16.4. The lowest BCUT2D eigenvalue weighted by molar-refractivity contribution is -0.123. The Balaban J connectivity index is 4.12. The summed E-state index contributed by atoms with van der Waals surface area (Å²) in [6, 6.07) is 0.604. The molecule has 0 radical (unpaired) electrons. The van der Waals surface area contributed by atoms with Crippen molar-refractivity contribution in [1.29, 1.82) is 0 Å². The Kier molecular flexibility index (Phi) is 8.17. The second-order valence-electron chi connectivity index (χ2n) is 5.31. The largest absolute Gasteiger partial charge is 0.352 e. The van der Waals surface area contributed by atoms with Crippen LogP contribution in [-0.4, -0.2) is 42.5 Å². The molecule has 0 aromatic carbocycles. The molecule has 0 fully saturated rings. The van der Waals surface area contributed by atoms with Crippen LogP contribution in [0.5, 0.6) is 0 Å². The van der Waals surface area contributed by atoms with Crippen LogP contribution in [0.15, 0.2) is 0 Å². The Hall–Kier alpha value is -0.610. The zero-order valence-corrected chi connectivity index (χ0v) is 12.0. The van der Waals surface area contributed by atoms with E-state index >= 15 is 0 Å². The molecule has 1 unspecified atom stereocenters. The molecule has 17 heavy (non-hydrogen) atoms. The van der Waals surface area contributed by atoms with Crippen molar-refractivity contribution in [2.45, 2.75) is 53.1 Å². The minimum absolute atomic E-state index is 0.108. The van der Waals surface area contributed by atoms with Crippen molar-refractivity contribution in [3.8, 4) is 0 Å². The number of nitrogens with two attached hydrogens (primary N) is 1. The molecule has 0 rings (SSSR count). The average Bonchev–Trinajstić information content (AvgIpc) is 2.23. The van der Waals surface area contributed by atoms with Gasteiger partial charge < -0.3 is 11.1 Å². The summed E-state index contributed by atoms with van der Waals surface area (Å²) in [5.74, 6) is 0.576. The zero-order valence-electron chi connectivity index (χ0n) is 12.0. The molecule has 0 saturated carbocycles. The summed E-state index contributed by atoms with van der Waals surface area (Å²) in [5.41, 5.74) is 5.50. The van der Waals surface area contributed by atoms with E-state index in [9.17, 15) is 4.79 Å². The van der Waals surface area contributed by atoms with E-state index in [1.54, 1.807) is 0 Å². The molecule has 4 heteroatoms. The molecule has 1 amide bonds. The van der Waals surface area contributed by atoms with Crippen LogP contribution in [0.3, 0.4) is 0 Å². The maximum atomic E-state index is 11.9. The van der Waals surface area contributed by atoms with E-state index in [2.05, 4.69) is 37.9 Å². The lowest BCUT2D eigenvalue weighted by atomic mass is 10.1. The molecule has 3 N–H and O–H groups in total. The highest BCUT2D eigenvalue weighted by Gasteiger charge is 2.16. The van der Waals surface area contributed by atoms with Crippen molar-refractivity contribution < 1.29 is 4.79 Å². The molecule has 0 aliphatic rings. The molecule has 0 saturated heterocycles. The summed E-state index contributed by atoms with van der Waals surface area (Å²) < 4.78 is 0. The van der Waals surface area contributed by atoms with E-state index in [4.69, 9.17) is 5.73 Å². The Bertz CT molecular complexity index is 217. The van der Waals surface area contributed by atoms with Gasteiger partial charge in [0.05, 0.1) is 6.54 Å². The molecular formula is C13H29N3O. The van der Waals surface area contributed by atoms with Gasteiger partial charge in [0.25, 0.3) is 0 Å². The number of hydrogen-bond donors (Lipinski definition) is 2. The van der Waals surface area contributed by atoms with E-state index < -0.39 is 0 Å². The highest BCUT2D eigenvalue weighted by atomic mass is 16.2. The Morgan fingerprint density at radius 3 is 2.24 bits per heavy atom. The van der Waals surface area contributed by atoms with Crippen molar-refractivity contribution in [1.82, 2.24) is 10.2 Å². The molecule has 0 aliphatic carbocycles. The van der Waals surface area contributed by atoms with Crippen LogP contribution < -0.4 is 11.1 Å². The maximum Gasteiger partial charge on any atom is 0.234 e. The van der Waals surface area contributed by atoms with Gasteiger partial charge in [0.2, 0.25) is 5.91 Å². The summed E-state index contributed by atoms with van der Waals surface area (Å²) in [5, 5.41) is 3.03. The van der Waals surface area contributed by atoms with Gasteiger partial charge in [-0.1, -0.05) is 13.8 Å². The molecule has 0 bridgehead atoms. The Labute approximate surface area is 106 Å². The normalized spacial score (nSPS) is 13.5. The van der Waals surface area contributed by atoms with Crippen LogP contribution in [0, 0.1) is 5.92 Å². The van der Waals surface area contributed by atoms with Crippen molar-refractivity contribution in [2.24, 2.45) is 11.7 Å². The highest BCUT2D eigenvalue weighted by molar-refractivity contribution is 5.78. The van der Waals surface area contributed by atoms with E-state index in [0.29, 0.717) is 25.0 Å². The van der Waals surface area contributed by atoms with Gasteiger partial charge in [-0.15, -0.1) is 0 Å². The molecular weight excluding hydrogens is 214 g/mol. The molecule has 102 valence electrons. The number of nitrogens with one attached hydrogen (secondary N) is 1. The van der Waals surface area contributed by atoms with Crippen LogP contribution in [0.4, 0.5) is 0 Å². The molecule has 0 spiro atoms. The number of rotatable bonds is 8. The fraction of sp³-hybridized carbons (Fsp3) is 0.923. The SMILES string of the molecule is CC(C)C(C)NC(=O)CN(CCCN)C(C)C. The quantitative estimate of drug-likeness (QED) is 0.673. The Morgan fingerprint density at radius 1 is 1.24 bits per heavy atom. The van der Waals surface area contributed by atoms with Crippen molar-refractivity contribution in [3.05, 3.63) is 0 Å². The van der Waals surface area contributed by atoms with Crippen LogP contribution in [0.2, 0.25) is 0 Å². The number of amides is 1. The fourth-order valence-corrected chi connectivity index (χ4v) is 1.46. The summed E-state index contributed by atoms with van der Waals surface area (Å²) in [7, 11) is 0. The number of hydrogen-bond acceptors (Lipinski definition) is 3. The highest BCUT2D eigenvalue weighted by Crippen LogP contribution is 2.02. The third kappa shape index (κ3) is 7.34. The number of carbonyl (C=O) groups excluding carboxylic acids is 1. The van der Waals surface area contributed by atoms with Gasteiger partial charge in [-0.2, -0.15) is 0 Å². The predicted octanol–water partition coefficient (Wildman–Crippen LogP) is 1.21. The van der Waals surface area contributed by atoms with Crippen LogP contribution in [-0.2, 0) is 4.79 Å². The van der Waals surface area contributed by atoms with Gasteiger partial charge in [0.1, 0.15) is 0 Å². The first-order valence-corrected chi connectivity index (χ1v) is 6.62. The minimum atomic E-state index is 0.108. The molecule has 0 aromatic rings. The van der Waals surface area contributed by atoms with E-state index in [0.717, 1.165) is 13.0 Å². The molecule has 4 nitrogen and oxygen atoms in total. The van der Waals surface area contributed by atoms with Gasteiger partial charge in [-0.3, -0.25) is 9.69 Å². The van der Waals surface area contributed by atoms with Crippen LogP contribution in [0.1, 0.15) is 41.0 Å². The van der Waals surface area contributed by atoms with Crippen molar-refractivity contribution >= 4 is 5.91 Å². The number of nitrogens with zero attached hydrogens (tertiary/aromatic N) is 1. The second-order valence-corrected chi connectivity index (χ2v) is 5.31. The molecule has 0 aliphatic heterocycles. The van der Waals surface area contributed by atoms with Crippen LogP contribution in [0.25, 0.3) is 0 Å². The van der Waals surface area contributed by atoms with Crippen molar-refractivity contribution in [3.63, 3.8) is 0 Å². The third-order valence-electron chi connectivity index (χ3n) is 3.12. The molecule has 1 atom stereocenters. The second kappa shape index (κ2) is 8.48. The van der Waals surface area contributed by atoms with Gasteiger partial charge in [0, 0.05) is 18.6 Å². The maximum absolute atomic E-state index is 11.9. The van der Waals surface area contributed by atoms with E-state index in [-0.39, 0.29) is 11.9 Å². The Morgan fingerprint density at radius 2 is 1.82 bits per heavy atom. The lowest BCUT2D eigenvalue weighted by Crippen LogP contribution is -2.45. The summed E-state index contributed by atoms with van der Waals surface area (Å²) in [6.07, 6.45) is 0.936. The van der Waals surface area contributed by atoms with E-state index in [1.807, 2.05) is 6.92 Å². The van der Waals surface area contributed by atoms with Crippen molar-refractivity contribution in [2.75, 3.05) is 19.6 Å². The predicted molar refractivity (Wildman–Crippen MR) is 72.8 cm³/mol. The summed E-state index contributed by atoms with van der Waals surface area (Å²) in [6.45, 7) is 12.5. The summed E-state index contributed by atoms with van der Waals surface area (Å²) >= 11 is 0. The average molecular weight is 243 g/mol. The third-order valence-corrected chi connectivity index (χ3v) is 3.12. The molecule has 0 aromatic heterocycles. The minimum Gasteiger partial charge on any atom is -0.352 e. The van der Waals surface area contributed by atoms with Gasteiger partial charge in [-0.05, 0) is 39.7 Å². The zero-order chi connectivity index (χ0) is 13.4. The fourth-order valence-electron chi connectivity index (χ4n) is 1.46. The lowest BCUT2D eigenvalue weighted by Gasteiger charge is -2.27. The standard InChI is InChI=1S/C13H29N3O/c1-10(2)12(5)15-13(17)9-16(11(3)4)8-6-7-14/h10-12H,6-9,14H2,1-5H3,(H,15,17). The van der Waals surface area contributed by atoms with E-state index in [1.165, 1.54) is 0 Å². The first-order valence-electron chi connectivity index (χ1n) is 6.62. The number of carbonyl (C=O) groups is 1. The summed E-state index contributed by atoms with van der Waals surface area (Å²) in [4.78, 5) is 14.0. The van der Waals surface area contributed by atoms with Gasteiger partial charge in [0.15, 0.2) is 0 Å². The smallest absolute Gasteiger partial charge is 0.234 e. The van der Waals surface area contributed by atoms with Crippen LogP contribution >= 0.6 is 0 Å².